The number of methoxy groups -OCH3 is 1. The van der Waals surface area contributed by atoms with Gasteiger partial charge in [0.25, 0.3) is 11.1 Å². The maximum Gasteiger partial charge on any atom is 0.339 e. The summed E-state index contributed by atoms with van der Waals surface area (Å²) in [7, 11) is 1.36. The number of hydrogen-bond donors (Lipinski definition) is 0. The van der Waals surface area contributed by atoms with Gasteiger partial charge < -0.3 is 9.30 Å². The molecule has 7 heteroatoms. The van der Waals surface area contributed by atoms with Crippen LogP contribution in [0.25, 0.3) is 11.8 Å². The molecule has 0 N–H and O–H groups in total. The van der Waals surface area contributed by atoms with Crippen LogP contribution in [0, 0.1) is 13.8 Å². The molecule has 2 amide bonds. The van der Waals surface area contributed by atoms with Gasteiger partial charge in [-0.3, -0.25) is 14.5 Å². The minimum atomic E-state index is -0.415. The minimum Gasteiger partial charge on any atom is -0.465 e. The number of carbonyl (C=O) groups excluding carboxylic acids is 3. The Morgan fingerprint density at radius 3 is 2.47 bits per heavy atom. The lowest BCUT2D eigenvalue weighted by molar-refractivity contribution is -0.122. The van der Waals surface area contributed by atoms with E-state index in [9.17, 15) is 14.4 Å². The zero-order valence-corrected chi connectivity index (χ0v) is 20.2. The van der Waals surface area contributed by atoms with Crippen molar-refractivity contribution in [3.63, 3.8) is 0 Å². The summed E-state index contributed by atoms with van der Waals surface area (Å²) in [4.78, 5) is 39.5. The van der Waals surface area contributed by atoms with Crippen LogP contribution in [0.5, 0.6) is 0 Å². The molecule has 0 bridgehead atoms. The fourth-order valence-electron chi connectivity index (χ4n) is 4.18. The first-order valence-corrected chi connectivity index (χ1v) is 11.9. The molecule has 1 aliphatic heterocycles. The van der Waals surface area contributed by atoms with Crippen molar-refractivity contribution >= 4 is 35.0 Å². The average Bonchev–Trinajstić information content (AvgIpc) is 3.27. The predicted molar refractivity (Wildman–Crippen MR) is 134 cm³/mol. The molecule has 0 unspecified atom stereocenters. The molecule has 0 atom stereocenters. The second kappa shape index (κ2) is 10.1. The monoisotopic (exact) mass is 474 g/mol. The van der Waals surface area contributed by atoms with Crippen molar-refractivity contribution in [1.29, 1.82) is 0 Å². The molecule has 1 fully saturated rings. The molecule has 0 aliphatic carbocycles. The van der Waals surface area contributed by atoms with Crippen LogP contribution < -0.4 is 0 Å². The van der Waals surface area contributed by atoms with Crippen molar-refractivity contribution in [2.45, 2.75) is 26.7 Å². The van der Waals surface area contributed by atoms with Crippen molar-refractivity contribution in [2.24, 2.45) is 0 Å². The van der Waals surface area contributed by atoms with E-state index >= 15 is 0 Å². The van der Waals surface area contributed by atoms with Gasteiger partial charge in [-0.25, -0.2) is 4.79 Å². The summed E-state index contributed by atoms with van der Waals surface area (Å²) in [5.74, 6) is -0.677. The molecule has 4 rings (SSSR count). The zero-order valence-electron chi connectivity index (χ0n) is 19.4. The molecule has 6 nitrogen and oxygen atoms in total. The highest BCUT2D eigenvalue weighted by atomic mass is 32.2. The maximum atomic E-state index is 13.0. The molecule has 1 aromatic heterocycles. The number of aromatic nitrogens is 1. The Labute approximate surface area is 203 Å². The molecule has 174 valence electrons. The first-order valence-electron chi connectivity index (χ1n) is 11.1. The number of rotatable bonds is 7. The highest BCUT2D eigenvalue weighted by molar-refractivity contribution is 8.18. The smallest absolute Gasteiger partial charge is 0.339 e. The van der Waals surface area contributed by atoms with Crippen LogP contribution in [0.1, 0.15) is 39.3 Å². The van der Waals surface area contributed by atoms with Gasteiger partial charge in [-0.1, -0.05) is 42.5 Å². The Kier molecular flexibility index (Phi) is 7.03. The first kappa shape index (κ1) is 23.6. The highest BCUT2D eigenvalue weighted by Crippen LogP contribution is 2.34. The highest BCUT2D eigenvalue weighted by Gasteiger charge is 2.34. The second-order valence-corrected chi connectivity index (χ2v) is 9.09. The van der Waals surface area contributed by atoms with E-state index in [-0.39, 0.29) is 11.1 Å². The molecule has 2 aromatic carbocycles. The molecule has 1 aliphatic rings. The summed E-state index contributed by atoms with van der Waals surface area (Å²) in [6.07, 6.45) is 3.29. The van der Waals surface area contributed by atoms with Crippen LogP contribution in [0.2, 0.25) is 0 Å². The molecule has 0 spiro atoms. The molecular weight excluding hydrogens is 448 g/mol. The Morgan fingerprint density at radius 2 is 1.74 bits per heavy atom. The van der Waals surface area contributed by atoms with Gasteiger partial charge in [-0.15, -0.1) is 0 Å². The van der Waals surface area contributed by atoms with Gasteiger partial charge in [-0.2, -0.15) is 0 Å². The summed E-state index contributed by atoms with van der Waals surface area (Å²) < 4.78 is 6.90. The van der Waals surface area contributed by atoms with Crippen LogP contribution in [0.4, 0.5) is 4.79 Å². The zero-order chi connectivity index (χ0) is 24.2. The Bertz CT molecular complexity index is 1280. The van der Waals surface area contributed by atoms with E-state index in [0.29, 0.717) is 29.1 Å². The predicted octanol–water partition coefficient (Wildman–Crippen LogP) is 5.55. The maximum absolute atomic E-state index is 13.0. The third-order valence-corrected chi connectivity index (χ3v) is 6.78. The van der Waals surface area contributed by atoms with E-state index in [4.69, 9.17) is 4.74 Å². The largest absolute Gasteiger partial charge is 0.465 e. The molecular formula is C27H26N2O4S. The van der Waals surface area contributed by atoms with Gasteiger partial charge >= 0.3 is 5.97 Å². The van der Waals surface area contributed by atoms with Gasteiger partial charge in [0.1, 0.15) is 0 Å². The van der Waals surface area contributed by atoms with E-state index in [1.807, 2.05) is 66.9 Å². The number of ether oxygens (including phenoxy) is 1. The first-order chi connectivity index (χ1) is 16.4. The van der Waals surface area contributed by atoms with Crippen LogP contribution in [0.3, 0.4) is 0 Å². The molecule has 0 saturated carbocycles. The summed E-state index contributed by atoms with van der Waals surface area (Å²) in [6, 6.07) is 19.2. The number of nitrogens with zero attached hydrogens (tertiary/aromatic N) is 2. The van der Waals surface area contributed by atoms with Crippen molar-refractivity contribution in [3.8, 4) is 5.69 Å². The number of thioether (sulfide) groups is 1. The number of esters is 1. The lowest BCUT2D eigenvalue weighted by atomic mass is 10.1. The summed E-state index contributed by atoms with van der Waals surface area (Å²) in [5, 5.41) is -0.242. The number of benzene rings is 2. The van der Waals surface area contributed by atoms with E-state index < -0.39 is 5.97 Å². The van der Waals surface area contributed by atoms with Gasteiger partial charge in [-0.05, 0) is 73.9 Å². The quantitative estimate of drug-likeness (QED) is 0.332. The van der Waals surface area contributed by atoms with Crippen LogP contribution in [-0.2, 0) is 16.0 Å². The van der Waals surface area contributed by atoms with Gasteiger partial charge in [0.15, 0.2) is 0 Å². The number of imide groups is 1. The van der Waals surface area contributed by atoms with Crippen LogP contribution in [0.15, 0.2) is 65.6 Å². The normalized spacial score (nSPS) is 14.8. The van der Waals surface area contributed by atoms with E-state index in [0.717, 1.165) is 35.1 Å². The van der Waals surface area contributed by atoms with Crippen LogP contribution >= 0.6 is 11.8 Å². The Hall–Kier alpha value is -3.58. The van der Waals surface area contributed by atoms with Gasteiger partial charge in [0.2, 0.25) is 0 Å². The van der Waals surface area contributed by atoms with E-state index in [1.54, 1.807) is 18.2 Å². The number of carbonyl (C=O) groups is 3. The lowest BCUT2D eigenvalue weighted by Crippen LogP contribution is -2.29. The molecule has 1 saturated heterocycles. The van der Waals surface area contributed by atoms with E-state index in [2.05, 4.69) is 0 Å². The van der Waals surface area contributed by atoms with E-state index in [1.165, 1.54) is 17.6 Å². The second-order valence-electron chi connectivity index (χ2n) is 8.09. The number of aryl methyl sites for hydroxylation is 2. The standard InChI is InChI=1S/C27H26N2O4S/c1-18-16-21(19(2)29(18)23-14-8-7-13-22(23)26(31)33-3)17-24-25(30)28(27(32)34-24)15-9-12-20-10-5-4-6-11-20/h4-8,10-11,13-14,16-17H,9,12,15H2,1-3H3/b24-17+. The topological polar surface area (TPSA) is 68.6 Å². The van der Waals surface area contributed by atoms with Crippen molar-refractivity contribution < 1.29 is 19.1 Å². The number of amides is 2. The fraction of sp³-hybridized carbons (Fsp3) is 0.222. The summed E-state index contributed by atoms with van der Waals surface area (Å²) in [5.41, 5.74) is 4.94. The number of hydrogen-bond acceptors (Lipinski definition) is 5. The molecule has 2 heterocycles. The fourth-order valence-corrected chi connectivity index (χ4v) is 5.03. The van der Waals surface area contributed by atoms with Crippen molar-refractivity contribution in [2.75, 3.05) is 13.7 Å². The Morgan fingerprint density at radius 1 is 1.03 bits per heavy atom. The number of para-hydroxylation sites is 1. The average molecular weight is 475 g/mol. The minimum absolute atomic E-state index is 0.242. The third kappa shape index (κ3) is 4.70. The Balaban J connectivity index is 1.56. The van der Waals surface area contributed by atoms with Crippen molar-refractivity contribution in [1.82, 2.24) is 9.47 Å². The van der Waals surface area contributed by atoms with Crippen LogP contribution in [-0.4, -0.2) is 40.2 Å². The molecule has 0 radical (unpaired) electrons. The van der Waals surface area contributed by atoms with Crippen molar-refractivity contribution in [3.05, 3.63) is 93.6 Å². The third-order valence-electron chi connectivity index (χ3n) is 5.87. The lowest BCUT2D eigenvalue weighted by Gasteiger charge is -2.13. The van der Waals surface area contributed by atoms with Gasteiger partial charge in [0.05, 0.1) is 23.3 Å². The van der Waals surface area contributed by atoms with Gasteiger partial charge in [0, 0.05) is 17.9 Å². The SMILES string of the molecule is COC(=O)c1ccccc1-n1c(C)cc(/C=C2/SC(=O)N(CCCc3ccccc3)C2=O)c1C. The molecule has 34 heavy (non-hydrogen) atoms. The summed E-state index contributed by atoms with van der Waals surface area (Å²) >= 11 is 0.969. The molecule has 3 aromatic rings. The summed E-state index contributed by atoms with van der Waals surface area (Å²) in [6.45, 7) is 4.26.